The molecule has 1 amide bonds. The molecule has 2 rings (SSSR count). The van der Waals surface area contributed by atoms with Crippen LogP contribution in [-0.4, -0.2) is 23.0 Å². The third kappa shape index (κ3) is 2.82. The van der Waals surface area contributed by atoms with Crippen LogP contribution < -0.4 is 11.1 Å². The van der Waals surface area contributed by atoms with Crippen molar-refractivity contribution in [3.63, 3.8) is 0 Å². The molecule has 0 spiro atoms. The van der Waals surface area contributed by atoms with E-state index in [9.17, 15) is 4.79 Å². The van der Waals surface area contributed by atoms with Gasteiger partial charge in [-0.05, 0) is 50.8 Å². The largest absolute Gasteiger partial charge is 0.368 e. The van der Waals surface area contributed by atoms with E-state index in [-0.39, 0.29) is 5.91 Å². The lowest BCUT2D eigenvalue weighted by atomic mass is 9.90. The molecule has 0 radical (unpaired) electrons. The Bertz CT molecular complexity index is 372. The average molecular weight is 233 g/mol. The zero-order chi connectivity index (χ0) is 12.1. The van der Waals surface area contributed by atoms with Crippen molar-refractivity contribution in [3.05, 3.63) is 30.1 Å². The molecule has 1 aliphatic rings. The van der Waals surface area contributed by atoms with Crippen LogP contribution in [0.4, 0.5) is 0 Å². The molecule has 1 atom stereocenters. The van der Waals surface area contributed by atoms with E-state index in [0.29, 0.717) is 0 Å². The highest BCUT2D eigenvalue weighted by Gasteiger charge is 2.38. The van der Waals surface area contributed by atoms with Gasteiger partial charge in [0.25, 0.3) is 0 Å². The van der Waals surface area contributed by atoms with E-state index in [0.717, 1.165) is 44.3 Å². The molecule has 1 aliphatic heterocycles. The molecule has 1 fully saturated rings. The number of primary amides is 1. The van der Waals surface area contributed by atoms with Crippen molar-refractivity contribution >= 4 is 5.91 Å². The van der Waals surface area contributed by atoms with Gasteiger partial charge in [0.15, 0.2) is 0 Å². The van der Waals surface area contributed by atoms with Gasteiger partial charge in [-0.3, -0.25) is 9.78 Å². The molecule has 0 unspecified atom stereocenters. The van der Waals surface area contributed by atoms with E-state index in [2.05, 4.69) is 10.3 Å². The molecule has 92 valence electrons. The lowest BCUT2D eigenvalue weighted by Crippen LogP contribution is -2.51. The highest BCUT2D eigenvalue weighted by molar-refractivity contribution is 5.85. The minimum atomic E-state index is -0.464. The molecule has 3 N–H and O–H groups in total. The Morgan fingerprint density at radius 1 is 1.53 bits per heavy atom. The van der Waals surface area contributed by atoms with Gasteiger partial charge < -0.3 is 11.1 Å². The van der Waals surface area contributed by atoms with Crippen molar-refractivity contribution in [3.8, 4) is 0 Å². The van der Waals surface area contributed by atoms with Crippen LogP contribution in [0, 0.1) is 0 Å². The van der Waals surface area contributed by atoms with Crippen LogP contribution in [0.3, 0.4) is 0 Å². The molecule has 2 heterocycles. The minimum absolute atomic E-state index is 0.212. The fourth-order valence-corrected chi connectivity index (χ4v) is 2.47. The summed E-state index contributed by atoms with van der Waals surface area (Å²) >= 11 is 0. The second-order valence-corrected chi connectivity index (χ2v) is 4.65. The van der Waals surface area contributed by atoms with Crippen LogP contribution in [-0.2, 0) is 11.2 Å². The highest BCUT2D eigenvalue weighted by Crippen LogP contribution is 2.24. The third-order valence-electron chi connectivity index (χ3n) is 3.48. The molecular formula is C13H19N3O. The number of pyridine rings is 1. The van der Waals surface area contributed by atoms with E-state index in [1.807, 2.05) is 18.2 Å². The van der Waals surface area contributed by atoms with Crippen LogP contribution in [0.15, 0.2) is 24.4 Å². The van der Waals surface area contributed by atoms with Crippen molar-refractivity contribution in [2.75, 3.05) is 6.54 Å². The monoisotopic (exact) mass is 233 g/mol. The van der Waals surface area contributed by atoms with Crippen molar-refractivity contribution in [2.45, 2.75) is 37.6 Å². The number of nitrogens with one attached hydrogen (secondary N) is 1. The van der Waals surface area contributed by atoms with Gasteiger partial charge in [-0.25, -0.2) is 0 Å². The summed E-state index contributed by atoms with van der Waals surface area (Å²) in [7, 11) is 0. The molecule has 4 nitrogen and oxygen atoms in total. The van der Waals surface area contributed by atoms with Gasteiger partial charge in [0, 0.05) is 11.9 Å². The van der Waals surface area contributed by atoms with Crippen molar-refractivity contribution in [1.82, 2.24) is 10.3 Å². The summed E-state index contributed by atoms with van der Waals surface area (Å²) < 4.78 is 0. The molecule has 4 heteroatoms. The average Bonchev–Trinajstić information content (AvgIpc) is 2.80. The van der Waals surface area contributed by atoms with Gasteiger partial charge >= 0.3 is 0 Å². The number of hydrogen-bond donors (Lipinski definition) is 2. The maximum Gasteiger partial charge on any atom is 0.237 e. The van der Waals surface area contributed by atoms with Crippen LogP contribution in [0.5, 0.6) is 0 Å². The molecular weight excluding hydrogens is 214 g/mol. The topological polar surface area (TPSA) is 68.0 Å². The van der Waals surface area contributed by atoms with Gasteiger partial charge in [0.2, 0.25) is 5.91 Å². The van der Waals surface area contributed by atoms with E-state index >= 15 is 0 Å². The smallest absolute Gasteiger partial charge is 0.237 e. The fourth-order valence-electron chi connectivity index (χ4n) is 2.47. The summed E-state index contributed by atoms with van der Waals surface area (Å²) in [5, 5.41) is 3.26. The number of rotatable bonds is 5. The summed E-state index contributed by atoms with van der Waals surface area (Å²) in [5.41, 5.74) is 6.11. The first-order valence-electron chi connectivity index (χ1n) is 6.18. The Hall–Kier alpha value is -1.42. The van der Waals surface area contributed by atoms with E-state index in [1.54, 1.807) is 6.20 Å². The predicted molar refractivity (Wildman–Crippen MR) is 66.3 cm³/mol. The first-order chi connectivity index (χ1) is 8.23. The normalized spacial score (nSPS) is 23.8. The molecule has 1 aromatic heterocycles. The number of nitrogens with zero attached hydrogens (tertiary/aromatic N) is 1. The second kappa shape index (κ2) is 5.27. The Morgan fingerprint density at radius 3 is 3.00 bits per heavy atom. The summed E-state index contributed by atoms with van der Waals surface area (Å²) in [5.74, 6) is -0.212. The molecule has 0 bridgehead atoms. The quantitative estimate of drug-likeness (QED) is 0.797. The number of aryl methyl sites for hydroxylation is 1. The third-order valence-corrected chi connectivity index (χ3v) is 3.48. The minimum Gasteiger partial charge on any atom is -0.368 e. The summed E-state index contributed by atoms with van der Waals surface area (Å²) in [6.45, 7) is 0.895. The Labute approximate surface area is 102 Å². The first-order valence-corrected chi connectivity index (χ1v) is 6.18. The van der Waals surface area contributed by atoms with Crippen LogP contribution in [0.25, 0.3) is 0 Å². The maximum atomic E-state index is 11.5. The zero-order valence-corrected chi connectivity index (χ0v) is 9.98. The SMILES string of the molecule is NC(=O)[C@@]1(CCCc2ccccn2)CCCN1. The number of amides is 1. The Balaban J connectivity index is 1.87. The number of nitrogens with two attached hydrogens (primary N) is 1. The lowest BCUT2D eigenvalue weighted by molar-refractivity contribution is -0.124. The summed E-state index contributed by atoms with van der Waals surface area (Å²) in [4.78, 5) is 15.8. The van der Waals surface area contributed by atoms with Gasteiger partial charge in [0.05, 0.1) is 5.54 Å². The lowest BCUT2D eigenvalue weighted by Gasteiger charge is -2.25. The molecule has 17 heavy (non-hydrogen) atoms. The van der Waals surface area contributed by atoms with Crippen LogP contribution >= 0.6 is 0 Å². The van der Waals surface area contributed by atoms with Crippen LogP contribution in [0.2, 0.25) is 0 Å². The van der Waals surface area contributed by atoms with Gasteiger partial charge in [0.1, 0.15) is 0 Å². The predicted octanol–water partition coefficient (Wildman–Crippen LogP) is 1.01. The number of hydrogen-bond acceptors (Lipinski definition) is 3. The highest BCUT2D eigenvalue weighted by atomic mass is 16.1. The Morgan fingerprint density at radius 2 is 2.41 bits per heavy atom. The van der Waals surface area contributed by atoms with E-state index in [1.165, 1.54) is 0 Å². The number of carbonyl (C=O) groups is 1. The first kappa shape index (κ1) is 12.0. The standard InChI is InChI=1S/C13H19N3O/c14-12(17)13(8-4-10-16-13)7-3-6-11-5-1-2-9-15-11/h1-2,5,9,16H,3-4,6-8,10H2,(H2,14,17)/t13-/m1/s1. The molecule has 1 saturated heterocycles. The Kier molecular flexibility index (Phi) is 3.74. The maximum absolute atomic E-state index is 11.5. The van der Waals surface area contributed by atoms with E-state index < -0.39 is 5.54 Å². The fraction of sp³-hybridized carbons (Fsp3) is 0.538. The van der Waals surface area contributed by atoms with Gasteiger partial charge in [-0.2, -0.15) is 0 Å². The van der Waals surface area contributed by atoms with Crippen molar-refractivity contribution < 1.29 is 4.79 Å². The van der Waals surface area contributed by atoms with E-state index in [4.69, 9.17) is 5.73 Å². The van der Waals surface area contributed by atoms with Crippen LogP contribution in [0.1, 0.15) is 31.4 Å². The summed E-state index contributed by atoms with van der Waals surface area (Å²) in [6, 6.07) is 5.91. The number of aromatic nitrogens is 1. The summed E-state index contributed by atoms with van der Waals surface area (Å²) in [6.07, 6.45) is 6.34. The molecule has 0 saturated carbocycles. The molecule has 1 aromatic rings. The molecule has 0 aromatic carbocycles. The van der Waals surface area contributed by atoms with Crippen molar-refractivity contribution in [1.29, 1.82) is 0 Å². The van der Waals surface area contributed by atoms with Crippen molar-refractivity contribution in [2.24, 2.45) is 5.73 Å². The zero-order valence-electron chi connectivity index (χ0n) is 9.98. The number of carbonyl (C=O) groups excluding carboxylic acids is 1. The van der Waals surface area contributed by atoms with Gasteiger partial charge in [-0.1, -0.05) is 6.07 Å². The second-order valence-electron chi connectivity index (χ2n) is 4.65. The van der Waals surface area contributed by atoms with Gasteiger partial charge in [-0.15, -0.1) is 0 Å². The molecule has 0 aliphatic carbocycles.